The number of hydrogen-bond acceptors (Lipinski definition) is 3. The van der Waals surface area contributed by atoms with Crippen LogP contribution in [0.2, 0.25) is 0 Å². The van der Waals surface area contributed by atoms with E-state index in [9.17, 15) is 9.59 Å². The van der Waals surface area contributed by atoms with E-state index in [1.54, 1.807) is 0 Å². The van der Waals surface area contributed by atoms with Crippen LogP contribution in [-0.4, -0.2) is 48.4 Å². The molecule has 1 fully saturated rings. The van der Waals surface area contributed by atoms with E-state index in [4.69, 9.17) is 0 Å². The lowest BCUT2D eigenvalue weighted by molar-refractivity contribution is -0.128. The Kier molecular flexibility index (Phi) is 4.16. The van der Waals surface area contributed by atoms with Crippen molar-refractivity contribution in [3.63, 3.8) is 0 Å². The Balaban J connectivity index is 1.91. The zero-order chi connectivity index (χ0) is 13.8. The van der Waals surface area contributed by atoms with Crippen molar-refractivity contribution in [3.05, 3.63) is 35.4 Å². The standard InChI is InChI=1S/C14H19N3O2/c1-11-5-3-4-6-12(11)9-16(2)10-13(18)17-8-7-15-14(17)19/h3-6H,7-10H2,1-2H3,(H,15,19). The molecule has 0 unspecified atom stereocenters. The SMILES string of the molecule is Cc1ccccc1CN(C)CC(=O)N1CCNC1=O. The first-order valence-corrected chi connectivity index (χ1v) is 6.39. The van der Waals surface area contributed by atoms with E-state index in [0.29, 0.717) is 19.6 Å². The molecular formula is C14H19N3O2. The van der Waals surface area contributed by atoms with Crippen molar-refractivity contribution in [2.75, 3.05) is 26.7 Å². The lowest BCUT2D eigenvalue weighted by atomic mass is 10.1. The summed E-state index contributed by atoms with van der Waals surface area (Å²) in [5.74, 6) is -0.147. The zero-order valence-corrected chi connectivity index (χ0v) is 11.3. The van der Waals surface area contributed by atoms with E-state index < -0.39 is 0 Å². The molecule has 5 nitrogen and oxygen atoms in total. The Hall–Kier alpha value is -1.88. The first kappa shape index (κ1) is 13.5. The minimum atomic E-state index is -0.283. The summed E-state index contributed by atoms with van der Waals surface area (Å²) in [6.07, 6.45) is 0. The van der Waals surface area contributed by atoms with Crippen LogP contribution in [0.25, 0.3) is 0 Å². The Labute approximate surface area is 113 Å². The van der Waals surface area contributed by atoms with Gasteiger partial charge in [0.15, 0.2) is 0 Å². The van der Waals surface area contributed by atoms with Gasteiger partial charge in [-0.15, -0.1) is 0 Å². The van der Waals surface area contributed by atoms with Gasteiger partial charge in [0.1, 0.15) is 0 Å². The van der Waals surface area contributed by atoms with Gasteiger partial charge in [-0.2, -0.15) is 0 Å². The van der Waals surface area contributed by atoms with Crippen LogP contribution in [0.1, 0.15) is 11.1 Å². The third-order valence-corrected chi connectivity index (χ3v) is 3.26. The molecule has 1 N–H and O–H groups in total. The van der Waals surface area contributed by atoms with E-state index in [-0.39, 0.29) is 18.5 Å². The van der Waals surface area contributed by atoms with Crippen LogP contribution >= 0.6 is 0 Å². The minimum absolute atomic E-state index is 0.147. The quantitative estimate of drug-likeness (QED) is 0.879. The van der Waals surface area contributed by atoms with Gasteiger partial charge < -0.3 is 5.32 Å². The number of hydrogen-bond donors (Lipinski definition) is 1. The van der Waals surface area contributed by atoms with Gasteiger partial charge in [0.25, 0.3) is 0 Å². The smallest absolute Gasteiger partial charge is 0.324 e. The third-order valence-electron chi connectivity index (χ3n) is 3.26. The predicted octanol–water partition coefficient (Wildman–Crippen LogP) is 0.979. The molecule has 0 aromatic heterocycles. The highest BCUT2D eigenvalue weighted by atomic mass is 16.2. The largest absolute Gasteiger partial charge is 0.336 e. The van der Waals surface area contributed by atoms with Gasteiger partial charge in [-0.3, -0.25) is 14.6 Å². The van der Waals surface area contributed by atoms with Crippen molar-refractivity contribution >= 4 is 11.9 Å². The molecule has 2 rings (SSSR count). The predicted molar refractivity (Wildman–Crippen MR) is 72.6 cm³/mol. The fourth-order valence-electron chi connectivity index (χ4n) is 2.16. The monoisotopic (exact) mass is 261 g/mol. The second-order valence-electron chi connectivity index (χ2n) is 4.88. The Bertz CT molecular complexity index is 487. The molecule has 0 bridgehead atoms. The Morgan fingerprint density at radius 1 is 1.42 bits per heavy atom. The number of urea groups is 1. The molecule has 102 valence electrons. The number of amides is 3. The number of imide groups is 1. The molecule has 0 radical (unpaired) electrons. The number of carbonyl (C=O) groups is 2. The van der Waals surface area contributed by atoms with Crippen molar-refractivity contribution in [1.29, 1.82) is 0 Å². The van der Waals surface area contributed by atoms with E-state index in [0.717, 1.165) is 0 Å². The van der Waals surface area contributed by atoms with Crippen molar-refractivity contribution in [2.45, 2.75) is 13.5 Å². The van der Waals surface area contributed by atoms with Crippen LogP contribution in [0, 0.1) is 6.92 Å². The number of nitrogens with zero attached hydrogens (tertiary/aromatic N) is 2. The summed E-state index contributed by atoms with van der Waals surface area (Å²) in [5.41, 5.74) is 2.41. The number of likely N-dealkylation sites (N-methyl/N-ethyl adjacent to an activating group) is 1. The van der Waals surface area contributed by atoms with E-state index in [1.807, 2.05) is 24.1 Å². The first-order valence-electron chi connectivity index (χ1n) is 6.39. The van der Waals surface area contributed by atoms with Crippen LogP contribution < -0.4 is 5.32 Å². The summed E-state index contributed by atoms with van der Waals surface area (Å²) in [6.45, 7) is 4.02. The molecule has 0 spiro atoms. The van der Waals surface area contributed by atoms with Crippen molar-refractivity contribution < 1.29 is 9.59 Å². The number of nitrogens with one attached hydrogen (secondary N) is 1. The van der Waals surface area contributed by atoms with Crippen molar-refractivity contribution in [2.24, 2.45) is 0 Å². The number of benzene rings is 1. The minimum Gasteiger partial charge on any atom is -0.336 e. The van der Waals surface area contributed by atoms with Crippen molar-refractivity contribution in [1.82, 2.24) is 15.1 Å². The average molecular weight is 261 g/mol. The van der Waals surface area contributed by atoms with Crippen LogP contribution in [0.3, 0.4) is 0 Å². The van der Waals surface area contributed by atoms with Crippen molar-refractivity contribution in [3.8, 4) is 0 Å². The zero-order valence-electron chi connectivity index (χ0n) is 11.3. The summed E-state index contributed by atoms with van der Waals surface area (Å²) in [5, 5.41) is 2.63. The highest BCUT2D eigenvalue weighted by Gasteiger charge is 2.26. The molecule has 1 saturated heterocycles. The molecule has 0 atom stereocenters. The van der Waals surface area contributed by atoms with E-state index in [2.05, 4.69) is 24.4 Å². The highest BCUT2D eigenvalue weighted by molar-refractivity contribution is 5.96. The van der Waals surface area contributed by atoms with Gasteiger partial charge in [-0.1, -0.05) is 24.3 Å². The molecular weight excluding hydrogens is 242 g/mol. The average Bonchev–Trinajstić information content (AvgIpc) is 2.78. The number of rotatable bonds is 4. The Morgan fingerprint density at radius 3 is 2.79 bits per heavy atom. The highest BCUT2D eigenvalue weighted by Crippen LogP contribution is 2.09. The topological polar surface area (TPSA) is 52.7 Å². The molecule has 1 aliphatic rings. The second-order valence-corrected chi connectivity index (χ2v) is 4.88. The van der Waals surface area contributed by atoms with Crippen LogP contribution in [0.4, 0.5) is 4.79 Å². The van der Waals surface area contributed by atoms with Crippen LogP contribution in [0.5, 0.6) is 0 Å². The molecule has 1 aromatic rings. The molecule has 3 amide bonds. The maximum Gasteiger partial charge on any atom is 0.324 e. The second kappa shape index (κ2) is 5.84. The fourth-order valence-corrected chi connectivity index (χ4v) is 2.16. The first-order chi connectivity index (χ1) is 9.08. The maximum atomic E-state index is 12.0. The van der Waals surface area contributed by atoms with E-state index in [1.165, 1.54) is 16.0 Å². The van der Waals surface area contributed by atoms with Gasteiger partial charge in [-0.25, -0.2) is 4.79 Å². The lowest BCUT2D eigenvalue weighted by Gasteiger charge is -2.20. The van der Waals surface area contributed by atoms with Gasteiger partial charge in [0.05, 0.1) is 6.54 Å². The molecule has 1 aliphatic heterocycles. The van der Waals surface area contributed by atoms with Gasteiger partial charge in [0, 0.05) is 19.6 Å². The molecule has 5 heteroatoms. The molecule has 19 heavy (non-hydrogen) atoms. The summed E-state index contributed by atoms with van der Waals surface area (Å²) in [6, 6.07) is 7.82. The summed E-state index contributed by atoms with van der Waals surface area (Å²) >= 11 is 0. The summed E-state index contributed by atoms with van der Waals surface area (Å²) in [4.78, 5) is 26.5. The molecule has 1 heterocycles. The maximum absolute atomic E-state index is 12.0. The van der Waals surface area contributed by atoms with Gasteiger partial charge in [0.2, 0.25) is 5.91 Å². The molecule has 0 saturated carbocycles. The van der Waals surface area contributed by atoms with Crippen LogP contribution in [-0.2, 0) is 11.3 Å². The molecule has 1 aromatic carbocycles. The molecule has 0 aliphatic carbocycles. The number of carbonyl (C=O) groups excluding carboxylic acids is 2. The summed E-state index contributed by atoms with van der Waals surface area (Å²) in [7, 11) is 1.89. The van der Waals surface area contributed by atoms with E-state index >= 15 is 0 Å². The summed E-state index contributed by atoms with van der Waals surface area (Å²) < 4.78 is 0. The Morgan fingerprint density at radius 2 is 2.16 bits per heavy atom. The lowest BCUT2D eigenvalue weighted by Crippen LogP contribution is -2.40. The van der Waals surface area contributed by atoms with Crippen LogP contribution in [0.15, 0.2) is 24.3 Å². The van der Waals surface area contributed by atoms with Gasteiger partial charge in [-0.05, 0) is 25.1 Å². The fraction of sp³-hybridized carbons (Fsp3) is 0.429. The normalized spacial score (nSPS) is 14.9. The third kappa shape index (κ3) is 3.32. The number of aryl methyl sites for hydroxylation is 1. The van der Waals surface area contributed by atoms with Gasteiger partial charge >= 0.3 is 6.03 Å².